The van der Waals surface area contributed by atoms with Crippen LogP contribution in [0.5, 0.6) is 0 Å². The van der Waals surface area contributed by atoms with Gasteiger partial charge in [0.1, 0.15) is 0 Å². The lowest BCUT2D eigenvalue weighted by atomic mass is 10.2. The molecule has 0 bridgehead atoms. The predicted molar refractivity (Wildman–Crippen MR) is 45.1 cm³/mol. The normalized spacial score (nSPS) is 10.5. The SMILES string of the molecule is C=C(O)CCCCC=CC. The molecule has 0 aliphatic carbocycles. The van der Waals surface area contributed by atoms with Crippen molar-refractivity contribution in [3.05, 3.63) is 24.5 Å². The molecule has 58 valence electrons. The molecule has 0 aromatic heterocycles. The topological polar surface area (TPSA) is 20.2 Å². The maximum Gasteiger partial charge on any atom is 0.0851 e. The van der Waals surface area contributed by atoms with Gasteiger partial charge in [0, 0.05) is 6.42 Å². The molecule has 0 saturated heterocycles. The van der Waals surface area contributed by atoms with Gasteiger partial charge in [0.15, 0.2) is 0 Å². The molecule has 0 aliphatic heterocycles. The standard InChI is InChI=1S/C9H16O/c1-3-4-5-6-7-8-9(2)10/h3-4,10H,2,5-8H2,1H3. The van der Waals surface area contributed by atoms with Gasteiger partial charge in [-0.1, -0.05) is 18.7 Å². The first kappa shape index (κ1) is 9.28. The Morgan fingerprint density at radius 1 is 1.50 bits per heavy atom. The van der Waals surface area contributed by atoms with Crippen molar-refractivity contribution in [2.24, 2.45) is 0 Å². The Morgan fingerprint density at radius 2 is 2.20 bits per heavy atom. The highest BCUT2D eigenvalue weighted by atomic mass is 16.3. The molecule has 0 unspecified atom stereocenters. The first-order valence-corrected chi connectivity index (χ1v) is 3.75. The van der Waals surface area contributed by atoms with Crippen LogP contribution in [0.4, 0.5) is 0 Å². The molecule has 0 aromatic rings. The molecule has 1 nitrogen and oxygen atoms in total. The van der Waals surface area contributed by atoms with E-state index >= 15 is 0 Å². The number of aliphatic hydroxyl groups is 1. The van der Waals surface area contributed by atoms with Gasteiger partial charge in [-0.25, -0.2) is 0 Å². The Balaban J connectivity index is 2.98. The Labute approximate surface area is 63.1 Å². The first-order valence-electron chi connectivity index (χ1n) is 3.75. The van der Waals surface area contributed by atoms with Crippen molar-refractivity contribution in [1.82, 2.24) is 0 Å². The van der Waals surface area contributed by atoms with Gasteiger partial charge in [0.25, 0.3) is 0 Å². The van der Waals surface area contributed by atoms with Crippen LogP contribution in [-0.2, 0) is 0 Å². The van der Waals surface area contributed by atoms with Crippen molar-refractivity contribution >= 4 is 0 Å². The number of unbranched alkanes of at least 4 members (excludes halogenated alkanes) is 2. The molecule has 10 heavy (non-hydrogen) atoms. The summed E-state index contributed by atoms with van der Waals surface area (Å²) in [5, 5.41) is 8.70. The lowest BCUT2D eigenvalue weighted by Gasteiger charge is -1.95. The van der Waals surface area contributed by atoms with E-state index in [4.69, 9.17) is 5.11 Å². The average molecular weight is 140 g/mol. The second kappa shape index (κ2) is 6.40. The summed E-state index contributed by atoms with van der Waals surface area (Å²) in [6.07, 6.45) is 8.23. The summed E-state index contributed by atoms with van der Waals surface area (Å²) >= 11 is 0. The van der Waals surface area contributed by atoms with E-state index in [0.29, 0.717) is 5.76 Å². The molecule has 0 aromatic carbocycles. The molecule has 1 N–H and O–H groups in total. The second-order valence-corrected chi connectivity index (χ2v) is 2.38. The zero-order valence-electron chi connectivity index (χ0n) is 6.64. The number of rotatable bonds is 5. The summed E-state index contributed by atoms with van der Waals surface area (Å²) < 4.78 is 0. The highest BCUT2D eigenvalue weighted by Crippen LogP contribution is 2.04. The zero-order valence-corrected chi connectivity index (χ0v) is 6.64. The number of hydrogen-bond donors (Lipinski definition) is 1. The Morgan fingerprint density at radius 3 is 2.70 bits per heavy atom. The van der Waals surface area contributed by atoms with Gasteiger partial charge in [-0.2, -0.15) is 0 Å². The fourth-order valence-electron chi connectivity index (χ4n) is 0.758. The van der Waals surface area contributed by atoms with Crippen molar-refractivity contribution < 1.29 is 5.11 Å². The number of aliphatic hydroxyl groups excluding tert-OH is 1. The van der Waals surface area contributed by atoms with Gasteiger partial charge in [-0.05, 0) is 26.2 Å². The molecule has 0 heterocycles. The third-order valence-electron chi connectivity index (χ3n) is 1.32. The van der Waals surface area contributed by atoms with Crippen LogP contribution in [0.25, 0.3) is 0 Å². The molecule has 1 heteroatoms. The fraction of sp³-hybridized carbons (Fsp3) is 0.556. The molecule has 0 spiro atoms. The molecule has 0 aliphatic rings. The van der Waals surface area contributed by atoms with Gasteiger partial charge in [-0.3, -0.25) is 0 Å². The highest BCUT2D eigenvalue weighted by Gasteiger charge is 1.87. The zero-order chi connectivity index (χ0) is 7.82. The monoisotopic (exact) mass is 140 g/mol. The maximum atomic E-state index is 8.70. The van der Waals surface area contributed by atoms with E-state index in [9.17, 15) is 0 Å². The van der Waals surface area contributed by atoms with Crippen molar-refractivity contribution in [2.75, 3.05) is 0 Å². The van der Waals surface area contributed by atoms with Crippen LogP contribution < -0.4 is 0 Å². The molecule has 0 rings (SSSR count). The summed E-state index contributed by atoms with van der Waals surface area (Å²) in [5.74, 6) is 0.306. The van der Waals surface area contributed by atoms with Crippen molar-refractivity contribution in [3.8, 4) is 0 Å². The smallest absolute Gasteiger partial charge is 0.0851 e. The maximum absolute atomic E-state index is 8.70. The second-order valence-electron chi connectivity index (χ2n) is 2.38. The lowest BCUT2D eigenvalue weighted by Crippen LogP contribution is -1.78. The van der Waals surface area contributed by atoms with Crippen LogP contribution in [0.2, 0.25) is 0 Å². The molecule has 0 amide bonds. The first-order chi connectivity index (χ1) is 4.77. The summed E-state index contributed by atoms with van der Waals surface area (Å²) in [7, 11) is 0. The number of hydrogen-bond acceptors (Lipinski definition) is 1. The van der Waals surface area contributed by atoms with Crippen LogP contribution >= 0.6 is 0 Å². The van der Waals surface area contributed by atoms with Gasteiger partial charge < -0.3 is 5.11 Å². The van der Waals surface area contributed by atoms with E-state index in [0.717, 1.165) is 25.7 Å². The molecule has 0 radical (unpaired) electrons. The summed E-state index contributed by atoms with van der Waals surface area (Å²) in [4.78, 5) is 0. The summed E-state index contributed by atoms with van der Waals surface area (Å²) in [6.45, 7) is 5.43. The lowest BCUT2D eigenvalue weighted by molar-refractivity contribution is 0.385. The third-order valence-corrected chi connectivity index (χ3v) is 1.32. The Hall–Kier alpha value is -0.720. The van der Waals surface area contributed by atoms with Gasteiger partial charge >= 0.3 is 0 Å². The molecular weight excluding hydrogens is 124 g/mol. The highest BCUT2D eigenvalue weighted by molar-refractivity contribution is 4.80. The largest absolute Gasteiger partial charge is 0.513 e. The fourth-order valence-corrected chi connectivity index (χ4v) is 0.758. The average Bonchev–Trinajstić information content (AvgIpc) is 1.87. The third kappa shape index (κ3) is 7.28. The van der Waals surface area contributed by atoms with E-state index in [2.05, 4.69) is 12.7 Å². The summed E-state index contributed by atoms with van der Waals surface area (Å²) in [6, 6.07) is 0. The van der Waals surface area contributed by atoms with Crippen molar-refractivity contribution in [2.45, 2.75) is 32.6 Å². The van der Waals surface area contributed by atoms with E-state index < -0.39 is 0 Å². The minimum absolute atomic E-state index is 0.306. The van der Waals surface area contributed by atoms with Crippen molar-refractivity contribution in [1.29, 1.82) is 0 Å². The number of allylic oxidation sites excluding steroid dienone is 3. The van der Waals surface area contributed by atoms with E-state index in [1.807, 2.05) is 13.0 Å². The van der Waals surface area contributed by atoms with Gasteiger partial charge in [-0.15, -0.1) is 0 Å². The Kier molecular flexibility index (Phi) is 5.94. The van der Waals surface area contributed by atoms with Gasteiger partial charge in [0.2, 0.25) is 0 Å². The van der Waals surface area contributed by atoms with Crippen LogP contribution in [0.3, 0.4) is 0 Å². The van der Waals surface area contributed by atoms with E-state index in [1.165, 1.54) is 0 Å². The molecule has 0 atom stereocenters. The molecular formula is C9H16O. The van der Waals surface area contributed by atoms with Crippen LogP contribution in [-0.4, -0.2) is 5.11 Å². The predicted octanol–water partition coefficient (Wildman–Crippen LogP) is 3.19. The van der Waals surface area contributed by atoms with Crippen LogP contribution in [0.1, 0.15) is 32.6 Å². The molecule has 0 saturated carbocycles. The van der Waals surface area contributed by atoms with Gasteiger partial charge in [0.05, 0.1) is 5.76 Å². The summed E-state index contributed by atoms with van der Waals surface area (Å²) in [5.41, 5.74) is 0. The van der Waals surface area contributed by atoms with Crippen molar-refractivity contribution in [3.63, 3.8) is 0 Å². The van der Waals surface area contributed by atoms with E-state index in [-0.39, 0.29) is 0 Å². The quantitative estimate of drug-likeness (QED) is 0.353. The minimum atomic E-state index is 0.306. The Bertz CT molecular complexity index is 114. The van der Waals surface area contributed by atoms with Crippen LogP contribution in [0, 0.1) is 0 Å². The minimum Gasteiger partial charge on any atom is -0.513 e. The van der Waals surface area contributed by atoms with Crippen LogP contribution in [0.15, 0.2) is 24.5 Å². The van der Waals surface area contributed by atoms with E-state index in [1.54, 1.807) is 0 Å². The molecule has 0 fully saturated rings.